The number of benzene rings is 2. The molecule has 2 aliphatic heterocycles. The number of aromatic nitrogens is 2. The van der Waals surface area contributed by atoms with Crippen LogP contribution in [-0.2, 0) is 4.79 Å². The second-order valence-corrected chi connectivity index (χ2v) is 7.87. The van der Waals surface area contributed by atoms with Gasteiger partial charge in [-0.15, -0.1) is 0 Å². The summed E-state index contributed by atoms with van der Waals surface area (Å²) in [6.07, 6.45) is 2.65. The fourth-order valence-electron chi connectivity index (χ4n) is 4.87. The van der Waals surface area contributed by atoms with Gasteiger partial charge in [-0.1, -0.05) is 36.4 Å². The van der Waals surface area contributed by atoms with E-state index in [9.17, 15) is 14.7 Å². The lowest BCUT2D eigenvalue weighted by Crippen LogP contribution is -2.38. The van der Waals surface area contributed by atoms with Crippen LogP contribution in [0.4, 0.5) is 0 Å². The molecule has 2 atom stereocenters. The van der Waals surface area contributed by atoms with Gasteiger partial charge in [0.25, 0.3) is 0 Å². The highest BCUT2D eigenvalue weighted by Crippen LogP contribution is 2.50. The molecule has 1 aliphatic carbocycles. The number of carbonyl (C=O) groups excluding carboxylic acids is 1. The maximum absolute atomic E-state index is 13.2. The van der Waals surface area contributed by atoms with Crippen LogP contribution in [-0.4, -0.2) is 31.6 Å². The number of likely N-dealkylation sites (tertiary alicyclic amines) is 1. The van der Waals surface area contributed by atoms with Gasteiger partial charge in [0.05, 0.1) is 17.8 Å². The molecule has 6 heteroatoms. The zero-order valence-electron chi connectivity index (χ0n) is 14.7. The molecule has 6 nitrogen and oxygen atoms in total. The van der Waals surface area contributed by atoms with Crippen molar-refractivity contribution in [2.24, 2.45) is 5.92 Å². The van der Waals surface area contributed by atoms with E-state index in [1.807, 2.05) is 47.4 Å². The molecule has 3 heterocycles. The number of aromatic hydroxyl groups is 1. The van der Waals surface area contributed by atoms with Crippen molar-refractivity contribution in [3.63, 3.8) is 0 Å². The highest BCUT2D eigenvalue weighted by molar-refractivity contribution is 5.90. The van der Waals surface area contributed by atoms with Crippen molar-refractivity contribution in [1.29, 1.82) is 0 Å². The first-order valence-electron chi connectivity index (χ1n) is 9.50. The van der Waals surface area contributed by atoms with E-state index in [1.54, 1.807) is 4.57 Å². The number of nitrogens with zero attached hydrogens (tertiary/aromatic N) is 3. The van der Waals surface area contributed by atoms with Crippen LogP contribution in [0.3, 0.4) is 0 Å². The molecule has 2 aromatic carbocycles. The lowest BCUT2D eigenvalue weighted by atomic mass is 10.1. The standard InChI is InChI=1S/C21H19N3O3/c25-19(13-8-9-13)22-11-14-10-17(22)18-20(26)24(21(27)23(14)18)16-7-3-5-12-4-1-2-6-15(12)16/h1-7,13-14,17,26H,8-11H2/t14-,17-/m0/s1. The predicted molar refractivity (Wildman–Crippen MR) is 100 cm³/mol. The monoisotopic (exact) mass is 361 g/mol. The SMILES string of the molecule is O=C(C1CC1)N1C[C@@H]2C[C@H]1c1c(O)n(-c3cccc4ccccc34)c(=O)n12. The van der Waals surface area contributed by atoms with Crippen LogP contribution in [0.25, 0.3) is 16.5 Å². The fourth-order valence-corrected chi connectivity index (χ4v) is 4.87. The van der Waals surface area contributed by atoms with Crippen LogP contribution in [0.15, 0.2) is 47.3 Å². The van der Waals surface area contributed by atoms with E-state index in [0.29, 0.717) is 17.9 Å². The topological polar surface area (TPSA) is 67.5 Å². The van der Waals surface area contributed by atoms with Crippen molar-refractivity contribution in [3.8, 4) is 11.6 Å². The lowest BCUT2D eigenvalue weighted by molar-refractivity contribution is -0.134. The Morgan fingerprint density at radius 3 is 2.67 bits per heavy atom. The molecule has 1 aromatic heterocycles. The molecule has 6 rings (SSSR count). The summed E-state index contributed by atoms with van der Waals surface area (Å²) in [5, 5.41) is 13.0. The number of rotatable bonds is 2. The van der Waals surface area contributed by atoms with Crippen LogP contribution in [0.1, 0.15) is 37.0 Å². The zero-order valence-corrected chi connectivity index (χ0v) is 14.7. The Bertz CT molecular complexity index is 1170. The molecule has 0 spiro atoms. The molecule has 1 amide bonds. The third kappa shape index (κ3) is 1.90. The van der Waals surface area contributed by atoms with Crippen molar-refractivity contribution in [1.82, 2.24) is 14.0 Å². The summed E-state index contributed by atoms with van der Waals surface area (Å²) in [6.45, 7) is 0.575. The Kier molecular flexibility index (Phi) is 2.81. The van der Waals surface area contributed by atoms with Crippen LogP contribution in [0.2, 0.25) is 0 Å². The normalized spacial score (nSPS) is 23.2. The minimum absolute atomic E-state index is 0.0304. The van der Waals surface area contributed by atoms with Crippen molar-refractivity contribution in [2.45, 2.75) is 31.3 Å². The van der Waals surface area contributed by atoms with Gasteiger partial charge in [-0.2, -0.15) is 0 Å². The first-order valence-corrected chi connectivity index (χ1v) is 9.50. The van der Waals surface area contributed by atoms with Gasteiger partial charge in [0, 0.05) is 17.8 Å². The van der Waals surface area contributed by atoms with E-state index in [0.717, 1.165) is 30.0 Å². The summed E-state index contributed by atoms with van der Waals surface area (Å²) < 4.78 is 3.11. The third-order valence-corrected chi connectivity index (χ3v) is 6.27. The molecular formula is C21H19N3O3. The highest BCUT2D eigenvalue weighted by Gasteiger charge is 2.51. The average Bonchev–Trinajstić information content (AvgIpc) is 3.28. The number of hydrogen-bond donors (Lipinski definition) is 1. The summed E-state index contributed by atoms with van der Waals surface area (Å²) in [5.74, 6) is 0.294. The van der Waals surface area contributed by atoms with Crippen molar-refractivity contribution >= 4 is 16.7 Å². The molecule has 0 unspecified atom stereocenters. The van der Waals surface area contributed by atoms with E-state index in [1.165, 1.54) is 4.57 Å². The zero-order chi connectivity index (χ0) is 18.3. The molecular weight excluding hydrogens is 342 g/mol. The van der Waals surface area contributed by atoms with Crippen LogP contribution < -0.4 is 5.69 Å². The molecule has 1 saturated heterocycles. The van der Waals surface area contributed by atoms with E-state index in [2.05, 4.69) is 0 Å². The molecule has 0 radical (unpaired) electrons. The molecule has 1 N–H and O–H groups in total. The summed E-state index contributed by atoms with van der Waals surface area (Å²) in [5.41, 5.74) is 1.06. The van der Waals surface area contributed by atoms with Gasteiger partial charge in [-0.3, -0.25) is 9.36 Å². The maximum Gasteiger partial charge on any atom is 0.336 e. The van der Waals surface area contributed by atoms with Crippen molar-refractivity contribution in [2.75, 3.05) is 6.54 Å². The second kappa shape index (κ2) is 5.03. The van der Waals surface area contributed by atoms with Gasteiger partial charge < -0.3 is 10.0 Å². The molecule has 1 saturated carbocycles. The molecule has 136 valence electrons. The smallest absolute Gasteiger partial charge is 0.336 e. The summed E-state index contributed by atoms with van der Waals surface area (Å²) in [7, 11) is 0. The molecule has 2 bridgehead atoms. The first kappa shape index (κ1) is 15.1. The Morgan fingerprint density at radius 2 is 1.85 bits per heavy atom. The molecule has 2 fully saturated rings. The van der Waals surface area contributed by atoms with E-state index in [-0.39, 0.29) is 35.5 Å². The van der Waals surface area contributed by atoms with Gasteiger partial charge in [-0.25, -0.2) is 9.36 Å². The Labute approximate surface area is 155 Å². The lowest BCUT2D eigenvalue weighted by Gasteiger charge is -2.27. The second-order valence-electron chi connectivity index (χ2n) is 7.87. The summed E-state index contributed by atoms with van der Waals surface area (Å²) >= 11 is 0. The van der Waals surface area contributed by atoms with Crippen LogP contribution >= 0.6 is 0 Å². The molecule has 27 heavy (non-hydrogen) atoms. The summed E-state index contributed by atoms with van der Waals surface area (Å²) in [6, 6.07) is 13.3. The van der Waals surface area contributed by atoms with Gasteiger partial charge in [0.2, 0.25) is 11.8 Å². The first-order chi connectivity index (χ1) is 13.1. The largest absolute Gasteiger partial charge is 0.493 e. The number of carbonyl (C=O) groups is 1. The predicted octanol–water partition coefficient (Wildman–Crippen LogP) is 2.74. The van der Waals surface area contributed by atoms with E-state index >= 15 is 0 Å². The van der Waals surface area contributed by atoms with E-state index in [4.69, 9.17) is 0 Å². The number of fused-ring (bicyclic) bond motifs is 6. The van der Waals surface area contributed by atoms with Gasteiger partial charge >= 0.3 is 5.69 Å². The number of amides is 1. The average molecular weight is 361 g/mol. The van der Waals surface area contributed by atoms with Crippen molar-refractivity contribution < 1.29 is 9.90 Å². The minimum atomic E-state index is -0.218. The summed E-state index contributed by atoms with van der Waals surface area (Å²) in [4.78, 5) is 27.7. The maximum atomic E-state index is 13.2. The van der Waals surface area contributed by atoms with Gasteiger partial charge in [0.1, 0.15) is 5.69 Å². The third-order valence-electron chi connectivity index (χ3n) is 6.27. The Morgan fingerprint density at radius 1 is 1.07 bits per heavy atom. The van der Waals surface area contributed by atoms with Gasteiger partial charge in [0.15, 0.2) is 0 Å². The highest BCUT2D eigenvalue weighted by atomic mass is 16.3. The Hall–Kier alpha value is -3.02. The van der Waals surface area contributed by atoms with Crippen LogP contribution in [0, 0.1) is 5.92 Å². The number of hydrogen-bond acceptors (Lipinski definition) is 3. The van der Waals surface area contributed by atoms with Gasteiger partial charge in [-0.05, 0) is 30.7 Å². The van der Waals surface area contributed by atoms with Crippen molar-refractivity contribution in [3.05, 3.63) is 58.6 Å². The molecule has 3 aromatic rings. The molecule has 3 aliphatic rings. The fraction of sp³-hybridized carbons (Fsp3) is 0.333. The quantitative estimate of drug-likeness (QED) is 0.763. The minimum Gasteiger partial charge on any atom is -0.493 e. The number of imidazole rings is 1. The van der Waals surface area contributed by atoms with E-state index < -0.39 is 0 Å². The van der Waals surface area contributed by atoms with Crippen LogP contribution in [0.5, 0.6) is 5.88 Å². The Balaban J connectivity index is 1.54.